The predicted molar refractivity (Wildman–Crippen MR) is 58.9 cm³/mol. The van der Waals surface area contributed by atoms with Crippen LogP contribution >= 0.6 is 0 Å². The molecule has 2 aliphatic rings. The molecule has 0 aromatic heterocycles. The first-order valence-electron chi connectivity index (χ1n) is 5.08. The van der Waals surface area contributed by atoms with Gasteiger partial charge in [-0.1, -0.05) is 18.2 Å². The van der Waals surface area contributed by atoms with Crippen LogP contribution in [0.5, 0.6) is 0 Å². The smallest absolute Gasteiger partial charge is 0.357 e. The summed E-state index contributed by atoms with van der Waals surface area (Å²) in [6.07, 6.45) is 8.32. The maximum Gasteiger partial charge on any atom is 0.357 e. The summed E-state index contributed by atoms with van der Waals surface area (Å²) in [7, 11) is 0. The summed E-state index contributed by atoms with van der Waals surface area (Å²) in [4.78, 5) is 27.2. The number of hydrogen-bond donors (Lipinski definition) is 0. The Morgan fingerprint density at radius 1 is 1.50 bits per heavy atom. The molecule has 2 rings (SSSR count). The molecule has 0 radical (unpaired) electrons. The van der Waals surface area contributed by atoms with E-state index in [0.717, 1.165) is 0 Å². The van der Waals surface area contributed by atoms with E-state index in [1.807, 2.05) is 0 Å². The molecule has 1 aliphatic heterocycles. The Balaban J connectivity index is 2.28. The molecule has 0 aromatic rings. The molecule has 4 heteroatoms. The Morgan fingerprint density at radius 2 is 2.31 bits per heavy atom. The zero-order chi connectivity index (χ0) is 11.5. The van der Waals surface area contributed by atoms with Crippen LogP contribution in [0.4, 0.5) is 0 Å². The minimum Gasteiger partial charge on any atom is -0.461 e. The van der Waals surface area contributed by atoms with E-state index in [2.05, 4.69) is 4.99 Å². The number of allylic oxidation sites excluding steroid dienone is 5. The first-order chi connectivity index (χ1) is 7.72. The molecule has 0 N–H and O–H groups in total. The van der Waals surface area contributed by atoms with E-state index in [0.29, 0.717) is 5.71 Å². The minimum absolute atomic E-state index is 0.0815. The topological polar surface area (TPSA) is 55.7 Å². The van der Waals surface area contributed by atoms with Crippen molar-refractivity contribution in [2.45, 2.75) is 6.92 Å². The maximum absolute atomic E-state index is 11.7. The second-order valence-electron chi connectivity index (χ2n) is 3.41. The highest BCUT2D eigenvalue weighted by molar-refractivity contribution is 6.20. The van der Waals surface area contributed by atoms with E-state index >= 15 is 0 Å². The average molecular weight is 217 g/mol. The molecule has 16 heavy (non-hydrogen) atoms. The molecule has 1 aliphatic carbocycles. The van der Waals surface area contributed by atoms with Gasteiger partial charge in [0.05, 0.1) is 18.2 Å². The molecule has 0 aromatic carbocycles. The Bertz CT molecular complexity index is 455. The number of carbonyl (C=O) groups excluding carboxylic acids is 2. The summed E-state index contributed by atoms with van der Waals surface area (Å²) in [5.74, 6) is -1.03. The van der Waals surface area contributed by atoms with Crippen LogP contribution in [0.25, 0.3) is 0 Å². The zero-order valence-electron chi connectivity index (χ0n) is 8.84. The Labute approximate surface area is 93.0 Å². The van der Waals surface area contributed by atoms with E-state index in [-0.39, 0.29) is 24.0 Å². The SMILES string of the molecule is CCOC(=O)C1=CC(=O)C2C=CC=CC2=N1. The number of nitrogens with zero attached hydrogens (tertiary/aromatic N) is 1. The standard InChI is InChI=1S/C12H11NO3/c1-2-16-12(15)10-7-11(14)8-5-3-4-6-9(8)13-10/h3-8H,2H2,1H3. The van der Waals surface area contributed by atoms with Crippen molar-refractivity contribution in [1.29, 1.82) is 0 Å². The third kappa shape index (κ3) is 1.86. The molecule has 1 atom stereocenters. The van der Waals surface area contributed by atoms with Crippen LogP contribution < -0.4 is 0 Å². The van der Waals surface area contributed by atoms with Crippen LogP contribution in [0.3, 0.4) is 0 Å². The van der Waals surface area contributed by atoms with Crippen molar-refractivity contribution in [1.82, 2.24) is 0 Å². The van der Waals surface area contributed by atoms with E-state index in [1.54, 1.807) is 31.2 Å². The number of esters is 1. The summed E-state index contributed by atoms with van der Waals surface area (Å²) in [5.41, 5.74) is 0.677. The highest BCUT2D eigenvalue weighted by Gasteiger charge is 2.27. The van der Waals surface area contributed by atoms with Gasteiger partial charge in [-0.2, -0.15) is 0 Å². The number of carbonyl (C=O) groups is 2. The monoisotopic (exact) mass is 217 g/mol. The predicted octanol–water partition coefficient (Wildman–Crippen LogP) is 1.20. The molecule has 1 unspecified atom stereocenters. The van der Waals surface area contributed by atoms with Gasteiger partial charge < -0.3 is 4.74 Å². The normalized spacial score (nSPS) is 22.3. The van der Waals surface area contributed by atoms with Gasteiger partial charge in [-0.15, -0.1) is 0 Å². The number of aliphatic imine (C=N–C) groups is 1. The molecule has 0 saturated heterocycles. The maximum atomic E-state index is 11.7. The summed E-state index contributed by atoms with van der Waals surface area (Å²) in [6, 6.07) is 0. The molecule has 0 bridgehead atoms. The molecule has 4 nitrogen and oxygen atoms in total. The van der Waals surface area contributed by atoms with Gasteiger partial charge in [0.15, 0.2) is 11.5 Å². The number of ether oxygens (including phenoxy) is 1. The van der Waals surface area contributed by atoms with Crippen molar-refractivity contribution in [3.63, 3.8) is 0 Å². The second-order valence-corrected chi connectivity index (χ2v) is 3.41. The van der Waals surface area contributed by atoms with Crippen LogP contribution in [0.15, 0.2) is 41.1 Å². The molecular weight excluding hydrogens is 206 g/mol. The van der Waals surface area contributed by atoms with Crippen molar-refractivity contribution in [2.24, 2.45) is 10.9 Å². The number of fused-ring (bicyclic) bond motifs is 1. The largest absolute Gasteiger partial charge is 0.461 e. The quantitative estimate of drug-likeness (QED) is 0.653. The lowest BCUT2D eigenvalue weighted by atomic mass is 9.91. The fourth-order valence-corrected chi connectivity index (χ4v) is 1.58. The summed E-state index contributed by atoms with van der Waals surface area (Å²) in [6.45, 7) is 1.98. The minimum atomic E-state index is -0.551. The lowest BCUT2D eigenvalue weighted by Crippen LogP contribution is -2.26. The third-order valence-electron chi connectivity index (χ3n) is 2.32. The fourth-order valence-electron chi connectivity index (χ4n) is 1.58. The second kappa shape index (κ2) is 4.26. The van der Waals surface area contributed by atoms with Crippen molar-refractivity contribution >= 4 is 17.5 Å². The number of rotatable bonds is 2. The van der Waals surface area contributed by atoms with E-state index in [4.69, 9.17) is 4.74 Å². The molecule has 0 saturated carbocycles. The number of ketones is 1. The highest BCUT2D eigenvalue weighted by Crippen LogP contribution is 2.19. The van der Waals surface area contributed by atoms with Crippen molar-refractivity contribution in [3.8, 4) is 0 Å². The van der Waals surface area contributed by atoms with Crippen LogP contribution in [-0.2, 0) is 14.3 Å². The van der Waals surface area contributed by atoms with Crippen LogP contribution in [0.2, 0.25) is 0 Å². The van der Waals surface area contributed by atoms with Crippen molar-refractivity contribution < 1.29 is 14.3 Å². The summed E-state index contributed by atoms with van der Waals surface area (Å²) < 4.78 is 4.80. The first-order valence-corrected chi connectivity index (χ1v) is 5.08. The van der Waals surface area contributed by atoms with Gasteiger partial charge >= 0.3 is 5.97 Å². The fraction of sp³-hybridized carbons (Fsp3) is 0.250. The van der Waals surface area contributed by atoms with Gasteiger partial charge in [0, 0.05) is 6.08 Å². The molecule has 82 valence electrons. The molecule has 1 heterocycles. The van der Waals surface area contributed by atoms with Gasteiger partial charge in [-0.3, -0.25) is 4.79 Å². The van der Waals surface area contributed by atoms with Crippen molar-refractivity contribution in [3.05, 3.63) is 36.1 Å². The molecule has 0 fully saturated rings. The van der Waals surface area contributed by atoms with Gasteiger partial charge in [0.1, 0.15) is 0 Å². The van der Waals surface area contributed by atoms with E-state index in [1.165, 1.54) is 6.08 Å². The van der Waals surface area contributed by atoms with Crippen LogP contribution in [0, 0.1) is 5.92 Å². The zero-order valence-corrected chi connectivity index (χ0v) is 8.84. The van der Waals surface area contributed by atoms with E-state index < -0.39 is 5.97 Å². The lowest BCUT2D eigenvalue weighted by Gasteiger charge is -2.17. The van der Waals surface area contributed by atoms with Crippen molar-refractivity contribution in [2.75, 3.05) is 6.61 Å². The first kappa shape index (κ1) is 10.5. The Morgan fingerprint density at radius 3 is 3.06 bits per heavy atom. The molecular formula is C12H11NO3. The third-order valence-corrected chi connectivity index (χ3v) is 2.32. The van der Waals surface area contributed by atoms with E-state index in [9.17, 15) is 9.59 Å². The van der Waals surface area contributed by atoms with Gasteiger partial charge in [0.25, 0.3) is 0 Å². The van der Waals surface area contributed by atoms with Gasteiger partial charge in [-0.25, -0.2) is 9.79 Å². The van der Waals surface area contributed by atoms with Gasteiger partial charge in [-0.05, 0) is 13.0 Å². The summed E-state index contributed by atoms with van der Waals surface area (Å²) in [5, 5.41) is 0. The summed E-state index contributed by atoms with van der Waals surface area (Å²) >= 11 is 0. The lowest BCUT2D eigenvalue weighted by molar-refractivity contribution is -0.138. The van der Waals surface area contributed by atoms with Crippen LogP contribution in [-0.4, -0.2) is 24.1 Å². The highest BCUT2D eigenvalue weighted by atomic mass is 16.5. The molecule has 0 amide bonds. The molecule has 0 spiro atoms. The van der Waals surface area contributed by atoms with Gasteiger partial charge in [0.2, 0.25) is 0 Å². The Kier molecular flexibility index (Phi) is 2.81. The Hall–Kier alpha value is -1.97. The van der Waals surface area contributed by atoms with Crippen LogP contribution in [0.1, 0.15) is 6.92 Å². The number of hydrogen-bond acceptors (Lipinski definition) is 4. The average Bonchev–Trinajstić information content (AvgIpc) is 2.29.